The highest BCUT2D eigenvalue weighted by Gasteiger charge is 2.23. The number of benzene rings is 1. The molecule has 3 rings (SSSR count). The van der Waals surface area contributed by atoms with E-state index in [0.717, 1.165) is 45.4 Å². The second-order valence-corrected chi connectivity index (χ2v) is 7.59. The zero-order chi connectivity index (χ0) is 18.2. The summed E-state index contributed by atoms with van der Waals surface area (Å²) in [5.74, 6) is 1.33. The first-order valence-electron chi connectivity index (χ1n) is 10.1. The van der Waals surface area contributed by atoms with E-state index < -0.39 is 0 Å². The minimum Gasteiger partial charge on any atom is -0.370 e. The SMILES string of the molecule is I.NC(=NCC(=O)N1CCC(Cc2ccccc2)CC1)N1CCCCCC1. The lowest BCUT2D eigenvalue weighted by Gasteiger charge is -2.32. The zero-order valence-electron chi connectivity index (χ0n) is 16.2. The molecule has 2 aliphatic rings. The van der Waals surface area contributed by atoms with Crippen molar-refractivity contribution in [2.45, 2.75) is 44.9 Å². The molecule has 1 aromatic carbocycles. The van der Waals surface area contributed by atoms with Crippen LogP contribution in [0.4, 0.5) is 0 Å². The molecule has 2 N–H and O–H groups in total. The number of guanidine groups is 1. The average molecular weight is 484 g/mol. The molecule has 2 heterocycles. The molecule has 6 heteroatoms. The Balaban J connectivity index is 0.00000261. The van der Waals surface area contributed by atoms with Gasteiger partial charge in [-0.3, -0.25) is 4.79 Å². The lowest BCUT2D eigenvalue weighted by atomic mass is 9.90. The average Bonchev–Trinajstić information content (AvgIpc) is 2.97. The number of carbonyl (C=O) groups is 1. The molecule has 2 fully saturated rings. The lowest BCUT2D eigenvalue weighted by molar-refractivity contribution is -0.130. The van der Waals surface area contributed by atoms with E-state index in [-0.39, 0.29) is 36.4 Å². The van der Waals surface area contributed by atoms with Crippen LogP contribution >= 0.6 is 24.0 Å². The third kappa shape index (κ3) is 6.97. The van der Waals surface area contributed by atoms with Crippen molar-refractivity contribution in [3.05, 3.63) is 35.9 Å². The largest absolute Gasteiger partial charge is 0.370 e. The second-order valence-electron chi connectivity index (χ2n) is 7.59. The van der Waals surface area contributed by atoms with Crippen LogP contribution in [0.25, 0.3) is 0 Å². The molecule has 5 nitrogen and oxygen atoms in total. The highest BCUT2D eigenvalue weighted by atomic mass is 127. The number of rotatable bonds is 4. The molecule has 0 unspecified atom stereocenters. The number of aliphatic imine (C=N–C) groups is 1. The standard InChI is InChI=1S/C21H32N4O.HI/c22-21(25-12-6-1-2-7-13-25)23-17-20(26)24-14-10-19(11-15-24)16-18-8-4-3-5-9-18;/h3-5,8-9,19H,1-2,6-7,10-17H2,(H2,22,23);1H. The highest BCUT2D eigenvalue weighted by Crippen LogP contribution is 2.21. The summed E-state index contributed by atoms with van der Waals surface area (Å²) in [6, 6.07) is 10.6. The Morgan fingerprint density at radius 3 is 2.22 bits per heavy atom. The van der Waals surface area contributed by atoms with Gasteiger partial charge in [-0.1, -0.05) is 43.2 Å². The van der Waals surface area contributed by atoms with Crippen LogP contribution in [-0.4, -0.2) is 54.4 Å². The van der Waals surface area contributed by atoms with E-state index in [1.54, 1.807) is 0 Å². The molecule has 2 saturated heterocycles. The molecule has 0 aromatic heterocycles. The number of nitrogens with zero attached hydrogens (tertiary/aromatic N) is 3. The lowest BCUT2D eigenvalue weighted by Crippen LogP contribution is -2.42. The molecule has 1 amide bonds. The minimum atomic E-state index is 0. The first-order valence-corrected chi connectivity index (χ1v) is 10.1. The van der Waals surface area contributed by atoms with Crippen LogP contribution in [0, 0.1) is 5.92 Å². The van der Waals surface area contributed by atoms with Gasteiger partial charge in [0.2, 0.25) is 5.91 Å². The fourth-order valence-corrected chi connectivity index (χ4v) is 3.98. The number of likely N-dealkylation sites (tertiary alicyclic amines) is 2. The zero-order valence-corrected chi connectivity index (χ0v) is 18.5. The summed E-state index contributed by atoms with van der Waals surface area (Å²) in [4.78, 5) is 20.9. The smallest absolute Gasteiger partial charge is 0.244 e. The van der Waals surface area contributed by atoms with Crippen molar-refractivity contribution >= 4 is 35.8 Å². The summed E-state index contributed by atoms with van der Waals surface area (Å²) < 4.78 is 0. The van der Waals surface area contributed by atoms with Crippen LogP contribution < -0.4 is 5.73 Å². The minimum absolute atomic E-state index is 0. The Hall–Kier alpha value is -1.31. The molecular formula is C21H33IN4O. The summed E-state index contributed by atoms with van der Waals surface area (Å²) in [5.41, 5.74) is 7.50. The third-order valence-electron chi connectivity index (χ3n) is 5.64. The quantitative estimate of drug-likeness (QED) is 0.406. The van der Waals surface area contributed by atoms with Gasteiger partial charge in [0.05, 0.1) is 0 Å². The third-order valence-corrected chi connectivity index (χ3v) is 5.64. The van der Waals surface area contributed by atoms with Crippen molar-refractivity contribution < 1.29 is 4.79 Å². The summed E-state index contributed by atoms with van der Waals surface area (Å²) in [7, 11) is 0. The summed E-state index contributed by atoms with van der Waals surface area (Å²) in [5, 5.41) is 0. The van der Waals surface area contributed by atoms with Gasteiger partial charge in [-0.15, -0.1) is 24.0 Å². The van der Waals surface area contributed by atoms with E-state index in [9.17, 15) is 4.79 Å². The Kier molecular flexibility index (Phi) is 9.38. The van der Waals surface area contributed by atoms with Gasteiger partial charge in [0.1, 0.15) is 6.54 Å². The van der Waals surface area contributed by atoms with E-state index in [0.29, 0.717) is 11.9 Å². The Morgan fingerprint density at radius 2 is 1.59 bits per heavy atom. The number of hydrogen-bond donors (Lipinski definition) is 1. The van der Waals surface area contributed by atoms with Gasteiger partial charge in [0.25, 0.3) is 0 Å². The molecule has 27 heavy (non-hydrogen) atoms. The van der Waals surface area contributed by atoms with E-state index in [4.69, 9.17) is 5.73 Å². The summed E-state index contributed by atoms with van der Waals surface area (Å²) in [6.45, 7) is 3.80. The first kappa shape index (κ1) is 22.0. The van der Waals surface area contributed by atoms with E-state index in [1.807, 2.05) is 4.90 Å². The fourth-order valence-electron chi connectivity index (χ4n) is 3.98. The Labute approximate surface area is 180 Å². The molecule has 1 aromatic rings. The van der Waals surface area contributed by atoms with Crippen molar-refractivity contribution in [2.75, 3.05) is 32.7 Å². The second kappa shape index (κ2) is 11.5. The van der Waals surface area contributed by atoms with Gasteiger partial charge in [-0.05, 0) is 43.6 Å². The molecule has 150 valence electrons. The topological polar surface area (TPSA) is 61.9 Å². The number of carbonyl (C=O) groups excluding carboxylic acids is 1. The molecule has 0 radical (unpaired) electrons. The van der Waals surface area contributed by atoms with Gasteiger partial charge < -0.3 is 15.5 Å². The molecule has 0 saturated carbocycles. The maximum atomic E-state index is 12.5. The number of halogens is 1. The summed E-state index contributed by atoms with van der Waals surface area (Å²) in [6.07, 6.45) is 8.13. The maximum Gasteiger partial charge on any atom is 0.244 e. The van der Waals surface area contributed by atoms with Crippen molar-refractivity contribution in [1.82, 2.24) is 9.80 Å². The highest BCUT2D eigenvalue weighted by molar-refractivity contribution is 14.0. The number of piperidine rings is 1. The van der Waals surface area contributed by atoms with E-state index >= 15 is 0 Å². The molecular weight excluding hydrogens is 451 g/mol. The van der Waals surface area contributed by atoms with Crippen molar-refractivity contribution in [3.8, 4) is 0 Å². The first-order chi connectivity index (χ1) is 12.7. The molecule has 0 atom stereocenters. The van der Waals surface area contributed by atoms with Gasteiger partial charge in [-0.2, -0.15) is 0 Å². The van der Waals surface area contributed by atoms with Crippen LogP contribution in [0.15, 0.2) is 35.3 Å². The number of amides is 1. The summed E-state index contributed by atoms with van der Waals surface area (Å²) >= 11 is 0. The number of nitrogens with two attached hydrogens (primary N) is 1. The van der Waals surface area contributed by atoms with Gasteiger partial charge in [0.15, 0.2) is 5.96 Å². The predicted octanol–water partition coefficient (Wildman–Crippen LogP) is 3.28. The Morgan fingerprint density at radius 1 is 0.963 bits per heavy atom. The van der Waals surface area contributed by atoms with Gasteiger partial charge >= 0.3 is 0 Å². The fraction of sp³-hybridized carbons (Fsp3) is 0.619. The monoisotopic (exact) mass is 484 g/mol. The molecule has 0 spiro atoms. The number of hydrogen-bond acceptors (Lipinski definition) is 2. The normalized spacial score (nSPS) is 19.3. The van der Waals surface area contributed by atoms with Crippen LogP contribution in [0.1, 0.15) is 44.1 Å². The van der Waals surface area contributed by atoms with Crippen molar-refractivity contribution in [3.63, 3.8) is 0 Å². The van der Waals surface area contributed by atoms with Crippen molar-refractivity contribution in [1.29, 1.82) is 0 Å². The molecule has 0 aliphatic carbocycles. The van der Waals surface area contributed by atoms with Gasteiger partial charge in [0, 0.05) is 26.2 Å². The maximum absolute atomic E-state index is 12.5. The van der Waals surface area contributed by atoms with E-state index in [2.05, 4.69) is 40.2 Å². The Bertz CT molecular complexity index is 591. The van der Waals surface area contributed by atoms with Crippen LogP contribution in [-0.2, 0) is 11.2 Å². The molecule has 0 bridgehead atoms. The van der Waals surface area contributed by atoms with Crippen molar-refractivity contribution in [2.24, 2.45) is 16.6 Å². The van der Waals surface area contributed by atoms with Crippen LogP contribution in [0.5, 0.6) is 0 Å². The van der Waals surface area contributed by atoms with E-state index in [1.165, 1.54) is 31.2 Å². The molecule has 2 aliphatic heterocycles. The van der Waals surface area contributed by atoms with Crippen LogP contribution in [0.3, 0.4) is 0 Å². The van der Waals surface area contributed by atoms with Gasteiger partial charge in [-0.25, -0.2) is 4.99 Å². The van der Waals surface area contributed by atoms with Crippen LogP contribution in [0.2, 0.25) is 0 Å². The predicted molar refractivity (Wildman–Crippen MR) is 121 cm³/mol.